The first kappa shape index (κ1) is 18.5. The molecule has 160 valence electrons. The van der Waals surface area contributed by atoms with Crippen molar-refractivity contribution in [3.8, 4) is 0 Å². The highest BCUT2D eigenvalue weighted by molar-refractivity contribution is 5.77. The summed E-state index contributed by atoms with van der Waals surface area (Å²) in [4.78, 5) is 29.5. The molecule has 6 heterocycles. The summed E-state index contributed by atoms with van der Waals surface area (Å²) in [6.45, 7) is 4.73. The normalized spacial score (nSPS) is 17.6. The van der Waals surface area contributed by atoms with Gasteiger partial charge < -0.3 is 10.2 Å². The van der Waals surface area contributed by atoms with Gasteiger partial charge in [-0.05, 0) is 64.4 Å². The maximum atomic E-state index is 13.3. The Kier molecular flexibility index (Phi) is 4.10. The van der Waals surface area contributed by atoms with Gasteiger partial charge in [0.15, 0.2) is 11.3 Å². The molecule has 10 nitrogen and oxygen atoms in total. The molecule has 6 rings (SSSR count). The van der Waals surface area contributed by atoms with Crippen molar-refractivity contribution in [1.29, 1.82) is 0 Å². The van der Waals surface area contributed by atoms with Crippen molar-refractivity contribution >= 4 is 28.4 Å². The maximum Gasteiger partial charge on any atom is 0.330 e. The predicted octanol–water partition coefficient (Wildman–Crippen LogP) is 1.90. The van der Waals surface area contributed by atoms with Gasteiger partial charge in [0.25, 0.3) is 0 Å². The molecule has 0 bridgehead atoms. The Hall–Kier alpha value is -3.27. The zero-order valence-corrected chi connectivity index (χ0v) is 17.7. The van der Waals surface area contributed by atoms with E-state index < -0.39 is 0 Å². The standard InChI is InChI=1S/C21H25N9O/c1-13-10-17-22-12-23-29(17)11-16(13)25-20-24-15-4-3-7-28-18(15)19(26-20)30(21(28)31)14-5-8-27(2)9-6-14/h10-12,14H,3-9H2,1-2H3,(H,24,25,26). The molecular weight excluding hydrogens is 394 g/mol. The van der Waals surface area contributed by atoms with Crippen LogP contribution in [0.1, 0.15) is 36.6 Å². The largest absolute Gasteiger partial charge is 0.330 e. The molecule has 1 fully saturated rings. The summed E-state index contributed by atoms with van der Waals surface area (Å²) in [5, 5.41) is 7.59. The first-order valence-electron chi connectivity index (χ1n) is 10.9. The van der Waals surface area contributed by atoms with Crippen molar-refractivity contribution in [1.82, 2.24) is 38.6 Å². The van der Waals surface area contributed by atoms with Crippen molar-refractivity contribution in [2.24, 2.45) is 0 Å². The lowest BCUT2D eigenvalue weighted by Crippen LogP contribution is -2.36. The summed E-state index contributed by atoms with van der Waals surface area (Å²) in [5.74, 6) is 0.519. The number of hydrogen-bond donors (Lipinski definition) is 1. The van der Waals surface area contributed by atoms with E-state index >= 15 is 0 Å². The maximum absolute atomic E-state index is 13.3. The van der Waals surface area contributed by atoms with E-state index in [0.29, 0.717) is 5.95 Å². The van der Waals surface area contributed by atoms with Gasteiger partial charge in [-0.2, -0.15) is 10.1 Å². The van der Waals surface area contributed by atoms with E-state index in [1.165, 1.54) is 6.33 Å². The lowest BCUT2D eigenvalue weighted by Gasteiger charge is -2.29. The van der Waals surface area contributed by atoms with Crippen LogP contribution in [0.15, 0.2) is 23.4 Å². The van der Waals surface area contributed by atoms with Crippen LogP contribution in [-0.2, 0) is 13.0 Å². The average Bonchev–Trinajstić information content (AvgIpc) is 3.32. The number of fused-ring (bicyclic) bond motifs is 1. The van der Waals surface area contributed by atoms with Crippen molar-refractivity contribution < 1.29 is 0 Å². The molecule has 2 aliphatic heterocycles. The summed E-state index contributed by atoms with van der Waals surface area (Å²) in [7, 11) is 2.13. The second-order valence-corrected chi connectivity index (χ2v) is 8.67. The van der Waals surface area contributed by atoms with Crippen molar-refractivity contribution in [2.45, 2.75) is 45.2 Å². The minimum Gasteiger partial charge on any atom is -0.322 e. The molecule has 2 aliphatic rings. The van der Waals surface area contributed by atoms with Gasteiger partial charge in [0, 0.05) is 12.6 Å². The van der Waals surface area contributed by atoms with E-state index in [2.05, 4.69) is 27.3 Å². The van der Waals surface area contributed by atoms with Gasteiger partial charge in [-0.15, -0.1) is 0 Å². The molecule has 0 amide bonds. The van der Waals surface area contributed by atoms with E-state index in [0.717, 1.165) is 79.1 Å². The summed E-state index contributed by atoms with van der Waals surface area (Å²) in [6, 6.07) is 2.15. The van der Waals surface area contributed by atoms with E-state index in [4.69, 9.17) is 9.97 Å². The van der Waals surface area contributed by atoms with E-state index in [1.807, 2.05) is 28.3 Å². The van der Waals surface area contributed by atoms with Gasteiger partial charge in [-0.25, -0.2) is 19.3 Å². The van der Waals surface area contributed by atoms with Crippen LogP contribution in [0.5, 0.6) is 0 Å². The molecule has 0 unspecified atom stereocenters. The third-order valence-electron chi connectivity index (χ3n) is 6.59. The number of anilines is 2. The zero-order valence-electron chi connectivity index (χ0n) is 17.7. The Morgan fingerprint density at radius 3 is 2.84 bits per heavy atom. The van der Waals surface area contributed by atoms with Crippen LogP contribution < -0.4 is 11.0 Å². The van der Waals surface area contributed by atoms with Gasteiger partial charge in [-0.3, -0.25) is 9.13 Å². The van der Waals surface area contributed by atoms with Gasteiger partial charge in [-0.1, -0.05) is 0 Å². The second kappa shape index (κ2) is 6.88. The molecule has 0 aromatic carbocycles. The fourth-order valence-corrected chi connectivity index (χ4v) is 4.88. The quantitative estimate of drug-likeness (QED) is 0.542. The Morgan fingerprint density at radius 1 is 1.16 bits per heavy atom. The monoisotopic (exact) mass is 419 g/mol. The summed E-state index contributed by atoms with van der Waals surface area (Å²) in [5.41, 5.74) is 5.35. The highest BCUT2D eigenvalue weighted by atomic mass is 16.1. The second-order valence-electron chi connectivity index (χ2n) is 8.67. The minimum absolute atomic E-state index is 0.0529. The average molecular weight is 419 g/mol. The number of piperidine rings is 1. The molecule has 0 saturated carbocycles. The molecule has 4 aromatic heterocycles. The smallest absolute Gasteiger partial charge is 0.322 e. The van der Waals surface area contributed by atoms with Crippen LogP contribution in [0, 0.1) is 6.92 Å². The molecule has 0 aliphatic carbocycles. The molecule has 1 saturated heterocycles. The van der Waals surface area contributed by atoms with E-state index in [-0.39, 0.29) is 11.7 Å². The highest BCUT2D eigenvalue weighted by Gasteiger charge is 2.28. The van der Waals surface area contributed by atoms with Gasteiger partial charge >= 0.3 is 5.69 Å². The number of aromatic nitrogens is 7. The lowest BCUT2D eigenvalue weighted by atomic mass is 10.1. The van der Waals surface area contributed by atoms with Gasteiger partial charge in [0.1, 0.15) is 11.8 Å². The number of nitrogens with zero attached hydrogens (tertiary/aromatic N) is 8. The molecule has 0 spiro atoms. The van der Waals surface area contributed by atoms with Gasteiger partial charge in [0.05, 0.1) is 17.6 Å². The molecule has 0 radical (unpaired) electrons. The molecule has 0 atom stereocenters. The Morgan fingerprint density at radius 2 is 2.00 bits per heavy atom. The number of hydrogen-bond acceptors (Lipinski definition) is 7. The number of likely N-dealkylation sites (tertiary alicyclic amines) is 1. The molecule has 10 heteroatoms. The first-order chi connectivity index (χ1) is 15.1. The molecule has 31 heavy (non-hydrogen) atoms. The fourth-order valence-electron chi connectivity index (χ4n) is 4.88. The van der Waals surface area contributed by atoms with E-state index in [1.54, 1.807) is 4.52 Å². The molecule has 4 aromatic rings. The van der Waals surface area contributed by atoms with E-state index in [9.17, 15) is 4.79 Å². The van der Waals surface area contributed by atoms with Crippen molar-refractivity contribution in [2.75, 3.05) is 25.5 Å². The van der Waals surface area contributed by atoms with Crippen LogP contribution in [0.25, 0.3) is 16.8 Å². The minimum atomic E-state index is 0.0529. The summed E-state index contributed by atoms with van der Waals surface area (Å²) < 4.78 is 5.53. The number of nitrogens with one attached hydrogen (secondary N) is 1. The molecule has 1 N–H and O–H groups in total. The summed E-state index contributed by atoms with van der Waals surface area (Å²) >= 11 is 0. The number of rotatable bonds is 3. The highest BCUT2D eigenvalue weighted by Crippen LogP contribution is 2.29. The van der Waals surface area contributed by atoms with Crippen LogP contribution in [0.3, 0.4) is 0 Å². The Bertz CT molecular complexity index is 1360. The van der Waals surface area contributed by atoms with Crippen LogP contribution in [0.2, 0.25) is 0 Å². The predicted molar refractivity (Wildman–Crippen MR) is 117 cm³/mol. The van der Waals surface area contributed by atoms with Gasteiger partial charge in [0.2, 0.25) is 5.95 Å². The number of imidazole rings is 1. The van der Waals surface area contributed by atoms with Crippen LogP contribution >= 0.6 is 0 Å². The fraction of sp³-hybridized carbons (Fsp3) is 0.476. The lowest BCUT2D eigenvalue weighted by molar-refractivity contribution is 0.220. The Balaban J connectivity index is 1.48. The SMILES string of the molecule is Cc1cc2ncnn2cc1Nc1nc2c3c(n1)n(C1CCN(C)CC1)c(=O)n3CCC2. The third-order valence-corrected chi connectivity index (χ3v) is 6.59. The Labute approximate surface area is 178 Å². The summed E-state index contributed by atoms with van der Waals surface area (Å²) in [6.07, 6.45) is 7.12. The number of pyridine rings is 1. The molecular formula is C21H25N9O. The number of aryl methyl sites for hydroxylation is 3. The van der Waals surface area contributed by atoms with Crippen molar-refractivity contribution in [3.05, 3.63) is 40.3 Å². The van der Waals surface area contributed by atoms with Crippen molar-refractivity contribution in [3.63, 3.8) is 0 Å². The topological polar surface area (TPSA) is 98.2 Å². The first-order valence-corrected chi connectivity index (χ1v) is 10.9. The zero-order chi connectivity index (χ0) is 21.1. The van der Waals surface area contributed by atoms with Crippen LogP contribution in [0.4, 0.5) is 11.6 Å². The van der Waals surface area contributed by atoms with Crippen LogP contribution in [-0.4, -0.2) is 58.7 Å². The third kappa shape index (κ3) is 2.93.